The van der Waals surface area contributed by atoms with Gasteiger partial charge in [-0.2, -0.15) is 4.72 Å². The molecule has 26 heavy (non-hydrogen) atoms. The lowest BCUT2D eigenvalue weighted by atomic mass is 10.2. The van der Waals surface area contributed by atoms with Crippen molar-refractivity contribution in [2.45, 2.75) is 18.0 Å². The highest BCUT2D eigenvalue weighted by molar-refractivity contribution is 7.89. The number of carbonyl (C=O) groups is 1. The Balaban J connectivity index is 1.83. The normalized spacial score (nSPS) is 17.6. The molecule has 0 fully saturated rings. The SMILES string of the molecule is COc1ccc(NC(=O)[C@@H]2Nc3cc(C)ccc3S(=O)(=O)N2)cc1OC. The molecule has 9 heteroatoms. The summed E-state index contributed by atoms with van der Waals surface area (Å²) >= 11 is 0. The van der Waals surface area contributed by atoms with E-state index in [0.717, 1.165) is 5.56 Å². The molecule has 0 unspecified atom stereocenters. The zero-order valence-corrected chi connectivity index (χ0v) is 15.3. The Bertz CT molecular complexity index is 959. The summed E-state index contributed by atoms with van der Waals surface area (Å²) in [5.74, 6) is 0.419. The van der Waals surface area contributed by atoms with Crippen molar-refractivity contribution in [3.63, 3.8) is 0 Å². The Hall–Kier alpha value is -2.78. The molecule has 0 spiro atoms. The molecule has 0 radical (unpaired) electrons. The van der Waals surface area contributed by atoms with E-state index in [-0.39, 0.29) is 4.90 Å². The Morgan fingerprint density at radius 3 is 2.50 bits per heavy atom. The second kappa shape index (κ2) is 6.85. The van der Waals surface area contributed by atoms with Gasteiger partial charge in [0.25, 0.3) is 5.91 Å². The molecule has 3 rings (SSSR count). The topological polar surface area (TPSA) is 106 Å². The number of fused-ring (bicyclic) bond motifs is 1. The third kappa shape index (κ3) is 3.44. The average molecular weight is 377 g/mol. The second-order valence-electron chi connectivity index (χ2n) is 5.76. The minimum atomic E-state index is -3.79. The summed E-state index contributed by atoms with van der Waals surface area (Å²) in [5.41, 5.74) is 1.72. The molecule has 1 aliphatic heterocycles. The van der Waals surface area contributed by atoms with Crippen LogP contribution in [0.3, 0.4) is 0 Å². The molecule has 1 aliphatic rings. The first-order valence-corrected chi connectivity index (χ1v) is 9.25. The first-order chi connectivity index (χ1) is 12.3. The maximum Gasteiger partial charge on any atom is 0.262 e. The Morgan fingerprint density at radius 2 is 1.81 bits per heavy atom. The van der Waals surface area contributed by atoms with Crippen LogP contribution in [0.1, 0.15) is 5.56 Å². The Kier molecular flexibility index (Phi) is 4.75. The molecule has 0 bridgehead atoms. The van der Waals surface area contributed by atoms with Gasteiger partial charge in [0.2, 0.25) is 10.0 Å². The molecule has 138 valence electrons. The molecular weight excluding hydrogens is 358 g/mol. The standard InChI is InChI=1S/C17H19N3O5S/c1-10-4-7-15-12(8-10)19-16(20-26(15,22)23)17(21)18-11-5-6-13(24-2)14(9-11)25-3/h4-9,16,19-20H,1-3H3,(H,18,21)/t16-/m1/s1. The summed E-state index contributed by atoms with van der Waals surface area (Å²) in [4.78, 5) is 12.6. The van der Waals surface area contributed by atoms with Crippen LogP contribution in [0.2, 0.25) is 0 Å². The maximum absolute atomic E-state index is 12.5. The summed E-state index contributed by atoms with van der Waals surface area (Å²) < 4.78 is 37.4. The van der Waals surface area contributed by atoms with Gasteiger partial charge in [0.1, 0.15) is 4.90 Å². The van der Waals surface area contributed by atoms with Crippen LogP contribution in [0.15, 0.2) is 41.3 Å². The van der Waals surface area contributed by atoms with Crippen molar-refractivity contribution in [1.29, 1.82) is 0 Å². The van der Waals surface area contributed by atoms with E-state index in [1.165, 1.54) is 20.3 Å². The number of benzene rings is 2. The van der Waals surface area contributed by atoms with Crippen molar-refractivity contribution in [1.82, 2.24) is 4.72 Å². The van der Waals surface area contributed by atoms with Crippen LogP contribution in [-0.4, -0.2) is 34.7 Å². The number of amides is 1. The van der Waals surface area contributed by atoms with E-state index >= 15 is 0 Å². The molecule has 1 heterocycles. The first kappa shape index (κ1) is 18.0. The molecule has 2 aromatic rings. The molecule has 3 N–H and O–H groups in total. The van der Waals surface area contributed by atoms with E-state index in [0.29, 0.717) is 22.9 Å². The number of nitrogens with one attached hydrogen (secondary N) is 3. The summed E-state index contributed by atoms with van der Waals surface area (Å²) in [6, 6.07) is 9.75. The van der Waals surface area contributed by atoms with Crippen LogP contribution in [0.5, 0.6) is 11.5 Å². The van der Waals surface area contributed by atoms with Crippen molar-refractivity contribution in [3.8, 4) is 11.5 Å². The van der Waals surface area contributed by atoms with E-state index in [4.69, 9.17) is 9.47 Å². The number of aryl methyl sites for hydroxylation is 1. The number of anilines is 2. The van der Waals surface area contributed by atoms with Crippen molar-refractivity contribution < 1.29 is 22.7 Å². The van der Waals surface area contributed by atoms with E-state index in [1.807, 2.05) is 6.92 Å². The first-order valence-electron chi connectivity index (χ1n) is 7.76. The van der Waals surface area contributed by atoms with Gasteiger partial charge in [0, 0.05) is 11.8 Å². The van der Waals surface area contributed by atoms with Crippen LogP contribution in [0, 0.1) is 6.92 Å². The zero-order chi connectivity index (χ0) is 18.9. The highest BCUT2D eigenvalue weighted by Gasteiger charge is 2.33. The van der Waals surface area contributed by atoms with Crippen LogP contribution in [-0.2, 0) is 14.8 Å². The minimum absolute atomic E-state index is 0.110. The van der Waals surface area contributed by atoms with Crippen molar-refractivity contribution in [2.75, 3.05) is 24.9 Å². The minimum Gasteiger partial charge on any atom is -0.493 e. The molecule has 0 aromatic heterocycles. The number of rotatable bonds is 4. The predicted molar refractivity (Wildman–Crippen MR) is 97.1 cm³/mol. The highest BCUT2D eigenvalue weighted by atomic mass is 32.2. The van der Waals surface area contributed by atoms with Crippen LogP contribution in [0.25, 0.3) is 0 Å². The average Bonchev–Trinajstić information content (AvgIpc) is 2.60. The van der Waals surface area contributed by atoms with E-state index < -0.39 is 22.1 Å². The number of hydrogen-bond acceptors (Lipinski definition) is 6. The highest BCUT2D eigenvalue weighted by Crippen LogP contribution is 2.30. The van der Waals surface area contributed by atoms with Gasteiger partial charge >= 0.3 is 0 Å². The van der Waals surface area contributed by atoms with Gasteiger partial charge in [-0.25, -0.2) is 8.42 Å². The van der Waals surface area contributed by atoms with E-state index in [2.05, 4.69) is 15.4 Å². The Morgan fingerprint density at radius 1 is 1.08 bits per heavy atom. The number of carbonyl (C=O) groups excluding carboxylic acids is 1. The second-order valence-corrected chi connectivity index (χ2v) is 7.44. The maximum atomic E-state index is 12.5. The van der Waals surface area contributed by atoms with Crippen molar-refractivity contribution in [3.05, 3.63) is 42.0 Å². The lowest BCUT2D eigenvalue weighted by molar-refractivity contribution is -0.117. The van der Waals surface area contributed by atoms with Crippen LogP contribution in [0.4, 0.5) is 11.4 Å². The van der Waals surface area contributed by atoms with Crippen molar-refractivity contribution in [2.24, 2.45) is 0 Å². The van der Waals surface area contributed by atoms with Gasteiger partial charge in [0.15, 0.2) is 17.7 Å². The summed E-state index contributed by atoms with van der Waals surface area (Å²) in [5, 5.41) is 5.56. The van der Waals surface area contributed by atoms with Gasteiger partial charge < -0.3 is 20.1 Å². The molecule has 0 aliphatic carbocycles. The zero-order valence-electron chi connectivity index (χ0n) is 14.5. The summed E-state index contributed by atoms with van der Waals surface area (Å²) in [6.07, 6.45) is -1.14. The van der Waals surface area contributed by atoms with Gasteiger partial charge in [-0.3, -0.25) is 4.79 Å². The largest absolute Gasteiger partial charge is 0.493 e. The van der Waals surface area contributed by atoms with Gasteiger partial charge in [-0.05, 0) is 36.8 Å². The van der Waals surface area contributed by atoms with E-state index in [9.17, 15) is 13.2 Å². The molecule has 0 saturated carbocycles. The molecule has 1 amide bonds. The van der Waals surface area contributed by atoms with E-state index in [1.54, 1.807) is 30.3 Å². The third-order valence-corrected chi connectivity index (χ3v) is 5.39. The molecule has 8 nitrogen and oxygen atoms in total. The molecular formula is C17H19N3O5S. The van der Waals surface area contributed by atoms with Crippen LogP contribution < -0.4 is 24.8 Å². The number of ether oxygens (including phenoxy) is 2. The predicted octanol–water partition coefficient (Wildman–Crippen LogP) is 1.68. The van der Waals surface area contributed by atoms with Gasteiger partial charge in [0.05, 0.1) is 19.9 Å². The number of methoxy groups -OCH3 is 2. The lowest BCUT2D eigenvalue weighted by Crippen LogP contribution is -2.51. The number of sulfonamides is 1. The van der Waals surface area contributed by atoms with Gasteiger partial charge in [-0.15, -0.1) is 0 Å². The number of hydrogen-bond donors (Lipinski definition) is 3. The monoisotopic (exact) mass is 377 g/mol. The lowest BCUT2D eigenvalue weighted by Gasteiger charge is -2.27. The molecule has 2 aromatic carbocycles. The van der Waals surface area contributed by atoms with Gasteiger partial charge in [-0.1, -0.05) is 6.07 Å². The fraction of sp³-hybridized carbons (Fsp3) is 0.235. The molecule has 1 atom stereocenters. The van der Waals surface area contributed by atoms with Crippen molar-refractivity contribution >= 4 is 27.3 Å². The summed E-state index contributed by atoms with van der Waals surface area (Å²) in [7, 11) is -0.791. The molecule has 0 saturated heterocycles. The van der Waals surface area contributed by atoms with Crippen LogP contribution >= 0.6 is 0 Å². The smallest absolute Gasteiger partial charge is 0.262 e. The quantitative estimate of drug-likeness (QED) is 0.749. The summed E-state index contributed by atoms with van der Waals surface area (Å²) in [6.45, 7) is 1.84. The fourth-order valence-corrected chi connectivity index (χ4v) is 3.90. The Labute approximate surface area is 151 Å². The fourth-order valence-electron chi connectivity index (χ4n) is 2.64. The third-order valence-electron chi connectivity index (χ3n) is 3.91.